The minimum absolute atomic E-state index is 0.00499. The molecule has 0 spiro atoms. The van der Waals surface area contributed by atoms with Crippen molar-refractivity contribution >= 4 is 28.5 Å². The molecule has 0 saturated heterocycles. The van der Waals surface area contributed by atoms with Crippen LogP contribution in [0.4, 0.5) is 5.69 Å². The zero-order chi connectivity index (χ0) is 22.8. The predicted octanol–water partition coefficient (Wildman–Crippen LogP) is 6.98. The third-order valence-corrected chi connectivity index (χ3v) is 6.91. The Kier molecular flexibility index (Phi) is 8.98. The summed E-state index contributed by atoms with van der Waals surface area (Å²) in [6.45, 7) is 4.15. The highest BCUT2D eigenvalue weighted by Gasteiger charge is 2.39. The first-order chi connectivity index (χ1) is 15.5. The quantitative estimate of drug-likeness (QED) is 0.354. The van der Waals surface area contributed by atoms with Crippen LogP contribution in [0.1, 0.15) is 58.8 Å². The number of hydrogen-bond acceptors (Lipinski definition) is 4. The highest BCUT2D eigenvalue weighted by molar-refractivity contribution is 8.15. The van der Waals surface area contributed by atoms with Gasteiger partial charge in [-0.25, -0.2) is 0 Å². The summed E-state index contributed by atoms with van der Waals surface area (Å²) < 4.78 is 5.44. The van der Waals surface area contributed by atoms with Crippen LogP contribution in [0.3, 0.4) is 0 Å². The topological polar surface area (TPSA) is 55.4 Å². The normalized spacial score (nSPS) is 17.8. The minimum atomic E-state index is -0.376. The smallest absolute Gasteiger partial charge is 0.262 e. The lowest BCUT2D eigenvalue weighted by Crippen LogP contribution is -2.26. The maximum absolute atomic E-state index is 12.4. The van der Waals surface area contributed by atoms with E-state index in [1.54, 1.807) is 6.08 Å². The maximum Gasteiger partial charge on any atom is 0.262 e. The van der Waals surface area contributed by atoms with Gasteiger partial charge in [-0.15, -0.1) is 0 Å². The van der Waals surface area contributed by atoms with Gasteiger partial charge in [-0.3, -0.25) is 9.59 Å². The third-order valence-electron chi connectivity index (χ3n) is 5.74. The van der Waals surface area contributed by atoms with E-state index in [2.05, 4.69) is 24.4 Å². The van der Waals surface area contributed by atoms with Gasteiger partial charge in [0.2, 0.25) is 5.12 Å². The highest BCUT2D eigenvalue weighted by atomic mass is 32.2. The number of hydrogen-bond donors (Lipinski definition) is 1. The molecular weight excluding hydrogens is 418 g/mol. The van der Waals surface area contributed by atoms with E-state index in [4.69, 9.17) is 4.74 Å². The van der Waals surface area contributed by atoms with Gasteiger partial charge >= 0.3 is 0 Å². The first-order valence-electron chi connectivity index (χ1n) is 11.5. The predicted molar refractivity (Wildman–Crippen MR) is 134 cm³/mol. The molecule has 1 atom stereocenters. The van der Waals surface area contributed by atoms with E-state index in [0.717, 1.165) is 36.1 Å². The van der Waals surface area contributed by atoms with E-state index < -0.39 is 0 Å². The van der Waals surface area contributed by atoms with Crippen LogP contribution in [0.15, 0.2) is 66.4 Å². The second kappa shape index (κ2) is 11.9. The van der Waals surface area contributed by atoms with E-state index in [1.165, 1.54) is 37.4 Å². The molecule has 1 aliphatic heterocycles. The molecule has 0 aliphatic carbocycles. The SMILES string of the molecule is CCCCCCCCC1(C)SC(=O)C=C1OCC(=O)Nc1ccc(-c2ccccc2)cc1. The summed E-state index contributed by atoms with van der Waals surface area (Å²) in [5, 5.41) is 2.88. The maximum atomic E-state index is 12.4. The lowest BCUT2D eigenvalue weighted by Gasteiger charge is -2.26. The van der Waals surface area contributed by atoms with Gasteiger partial charge in [0.25, 0.3) is 5.91 Å². The number of thioether (sulfide) groups is 1. The van der Waals surface area contributed by atoms with Crippen molar-refractivity contribution in [3.8, 4) is 11.1 Å². The summed E-state index contributed by atoms with van der Waals surface area (Å²) in [5.74, 6) is 0.389. The molecule has 0 fully saturated rings. The van der Waals surface area contributed by atoms with Crippen LogP contribution in [0, 0.1) is 0 Å². The molecular formula is C27H33NO3S. The van der Waals surface area contributed by atoms with Crippen LogP contribution in [0.5, 0.6) is 0 Å². The molecule has 1 amide bonds. The Bertz CT molecular complexity index is 924. The largest absolute Gasteiger partial charge is 0.486 e. The molecule has 5 heteroatoms. The number of anilines is 1. The number of nitrogens with one attached hydrogen (secondary N) is 1. The van der Waals surface area contributed by atoms with Crippen LogP contribution in [-0.2, 0) is 14.3 Å². The zero-order valence-electron chi connectivity index (χ0n) is 19.1. The minimum Gasteiger partial charge on any atom is -0.486 e. The standard InChI is InChI=1S/C27H33NO3S/c1-3-4-5-6-7-11-18-27(2)24(19-26(30)32-27)31-20-25(29)28-23-16-14-22(15-17-23)21-12-9-8-10-13-21/h8-10,12-17,19H,3-7,11,18,20H2,1-2H3,(H,28,29). The molecule has 0 radical (unpaired) electrons. The van der Waals surface area contributed by atoms with Crippen molar-refractivity contribution < 1.29 is 14.3 Å². The Balaban J connectivity index is 1.47. The molecule has 2 aromatic carbocycles. The van der Waals surface area contributed by atoms with Crippen molar-refractivity contribution in [3.05, 3.63) is 66.4 Å². The van der Waals surface area contributed by atoms with Gasteiger partial charge in [0.1, 0.15) is 5.76 Å². The van der Waals surface area contributed by atoms with Gasteiger partial charge in [0.05, 0.1) is 4.75 Å². The lowest BCUT2D eigenvalue weighted by molar-refractivity contribution is -0.119. The van der Waals surface area contributed by atoms with Crippen LogP contribution < -0.4 is 5.32 Å². The molecule has 1 unspecified atom stereocenters. The number of benzene rings is 2. The summed E-state index contributed by atoms with van der Waals surface area (Å²) in [7, 11) is 0. The molecule has 1 heterocycles. The van der Waals surface area contributed by atoms with Crippen LogP contribution in [0.25, 0.3) is 11.1 Å². The van der Waals surface area contributed by atoms with Gasteiger partial charge in [-0.05, 0) is 36.6 Å². The Morgan fingerprint density at radius 3 is 2.31 bits per heavy atom. The Labute approximate surface area is 195 Å². The summed E-state index contributed by atoms with van der Waals surface area (Å²) in [4.78, 5) is 24.5. The van der Waals surface area contributed by atoms with E-state index in [0.29, 0.717) is 5.76 Å². The monoisotopic (exact) mass is 451 g/mol. The zero-order valence-corrected chi connectivity index (χ0v) is 19.9. The number of rotatable bonds is 12. The molecule has 170 valence electrons. The Hall–Kier alpha value is -2.53. The number of carbonyl (C=O) groups excluding carboxylic acids is 2. The average Bonchev–Trinajstić information content (AvgIpc) is 3.09. The first kappa shape index (κ1) is 24.1. The fourth-order valence-electron chi connectivity index (χ4n) is 3.89. The van der Waals surface area contributed by atoms with Crippen LogP contribution in [-0.4, -0.2) is 22.4 Å². The number of unbranched alkanes of at least 4 members (excludes halogenated alkanes) is 5. The highest BCUT2D eigenvalue weighted by Crippen LogP contribution is 2.44. The van der Waals surface area contributed by atoms with Crippen molar-refractivity contribution in [2.24, 2.45) is 0 Å². The fraction of sp³-hybridized carbons (Fsp3) is 0.407. The molecule has 32 heavy (non-hydrogen) atoms. The van der Waals surface area contributed by atoms with Crippen molar-refractivity contribution in [2.75, 3.05) is 11.9 Å². The Morgan fingerprint density at radius 2 is 1.59 bits per heavy atom. The second-order valence-corrected chi connectivity index (χ2v) is 9.97. The molecule has 1 aliphatic rings. The van der Waals surface area contributed by atoms with E-state index in [9.17, 15) is 9.59 Å². The molecule has 0 saturated carbocycles. The van der Waals surface area contributed by atoms with Crippen LogP contribution >= 0.6 is 11.8 Å². The van der Waals surface area contributed by atoms with Crippen LogP contribution in [0.2, 0.25) is 0 Å². The second-order valence-electron chi connectivity index (χ2n) is 8.46. The van der Waals surface area contributed by atoms with Crippen molar-refractivity contribution in [3.63, 3.8) is 0 Å². The molecule has 0 bridgehead atoms. The number of amides is 1. The lowest BCUT2D eigenvalue weighted by atomic mass is 9.99. The van der Waals surface area contributed by atoms with Crippen molar-refractivity contribution in [1.29, 1.82) is 0 Å². The molecule has 2 aromatic rings. The number of carbonyl (C=O) groups is 2. The molecule has 3 rings (SSSR count). The van der Waals surface area contributed by atoms with Crippen molar-refractivity contribution in [2.45, 2.75) is 63.5 Å². The first-order valence-corrected chi connectivity index (χ1v) is 12.3. The summed E-state index contributed by atoms with van der Waals surface area (Å²) >= 11 is 1.31. The summed E-state index contributed by atoms with van der Waals surface area (Å²) in [6, 6.07) is 17.8. The van der Waals surface area contributed by atoms with E-state index in [-0.39, 0.29) is 22.4 Å². The molecule has 0 aromatic heterocycles. The van der Waals surface area contributed by atoms with Crippen molar-refractivity contribution in [1.82, 2.24) is 0 Å². The van der Waals surface area contributed by atoms with Gasteiger partial charge in [0, 0.05) is 11.8 Å². The molecule has 4 nitrogen and oxygen atoms in total. The van der Waals surface area contributed by atoms with E-state index in [1.807, 2.05) is 49.4 Å². The van der Waals surface area contributed by atoms with Gasteiger partial charge in [0.15, 0.2) is 6.61 Å². The third kappa shape index (κ3) is 6.99. The van der Waals surface area contributed by atoms with E-state index >= 15 is 0 Å². The average molecular weight is 452 g/mol. The fourth-order valence-corrected chi connectivity index (χ4v) is 4.96. The summed E-state index contributed by atoms with van der Waals surface area (Å²) in [5.41, 5.74) is 2.95. The number of ether oxygens (including phenoxy) is 1. The summed E-state index contributed by atoms with van der Waals surface area (Å²) in [6.07, 6.45) is 9.66. The Morgan fingerprint density at radius 1 is 0.938 bits per heavy atom. The van der Waals surface area contributed by atoms with Gasteiger partial charge in [-0.2, -0.15) is 0 Å². The molecule has 1 N–H and O–H groups in total. The van der Waals surface area contributed by atoms with Gasteiger partial charge < -0.3 is 10.1 Å². The van der Waals surface area contributed by atoms with Gasteiger partial charge in [-0.1, -0.05) is 99.7 Å².